The summed E-state index contributed by atoms with van der Waals surface area (Å²) in [5, 5.41) is 0.579. The molecule has 0 saturated heterocycles. The van der Waals surface area contributed by atoms with Crippen LogP contribution < -0.4 is 0 Å². The summed E-state index contributed by atoms with van der Waals surface area (Å²) in [5.41, 5.74) is 1.83. The molecule has 0 radical (unpaired) electrons. The molecule has 21 heavy (non-hydrogen) atoms. The monoisotopic (exact) mass is 323 g/mol. The molecule has 0 unspecified atom stereocenters. The molecule has 0 bridgehead atoms. The molecule has 0 saturated carbocycles. The molecule has 0 amide bonds. The van der Waals surface area contributed by atoms with Crippen LogP contribution in [0.5, 0.6) is 0 Å². The summed E-state index contributed by atoms with van der Waals surface area (Å²) < 4.78 is 26.8. The predicted molar refractivity (Wildman–Crippen MR) is 85.9 cm³/mol. The lowest BCUT2D eigenvalue weighted by molar-refractivity contribution is 0.423. The van der Waals surface area contributed by atoms with Crippen molar-refractivity contribution < 1.29 is 8.42 Å². The van der Waals surface area contributed by atoms with E-state index >= 15 is 0 Å². The van der Waals surface area contributed by atoms with Crippen LogP contribution >= 0.6 is 11.6 Å². The number of hydrogen-bond acceptors (Lipinski definition) is 2. The molecular formula is C16H18ClNO2S. The molecule has 3 nitrogen and oxygen atoms in total. The van der Waals surface area contributed by atoms with Gasteiger partial charge in [0.05, 0.1) is 4.90 Å². The molecule has 0 heterocycles. The Balaban J connectivity index is 2.32. The van der Waals surface area contributed by atoms with E-state index in [2.05, 4.69) is 0 Å². The van der Waals surface area contributed by atoms with Gasteiger partial charge in [-0.05, 0) is 30.7 Å². The summed E-state index contributed by atoms with van der Waals surface area (Å²) in [5.74, 6) is 0. The highest BCUT2D eigenvalue weighted by Gasteiger charge is 2.23. The van der Waals surface area contributed by atoms with Crippen LogP contribution in [-0.2, 0) is 16.6 Å². The maximum Gasteiger partial charge on any atom is 0.243 e. The first kappa shape index (κ1) is 16.0. The first-order chi connectivity index (χ1) is 9.95. The zero-order valence-corrected chi connectivity index (χ0v) is 13.7. The fourth-order valence-electron chi connectivity index (χ4n) is 2.04. The Labute approximate surface area is 131 Å². The Morgan fingerprint density at radius 2 is 1.67 bits per heavy atom. The number of aryl methyl sites for hydroxylation is 1. The highest BCUT2D eigenvalue weighted by Crippen LogP contribution is 2.22. The van der Waals surface area contributed by atoms with Crippen LogP contribution in [0, 0.1) is 6.92 Å². The van der Waals surface area contributed by atoms with Crippen molar-refractivity contribution in [1.82, 2.24) is 4.31 Å². The number of benzene rings is 2. The maximum atomic E-state index is 12.7. The van der Waals surface area contributed by atoms with Gasteiger partial charge in [0, 0.05) is 18.1 Å². The van der Waals surface area contributed by atoms with Crippen molar-refractivity contribution in [3.05, 3.63) is 64.7 Å². The van der Waals surface area contributed by atoms with Gasteiger partial charge in [0.1, 0.15) is 0 Å². The quantitative estimate of drug-likeness (QED) is 0.838. The first-order valence-corrected chi connectivity index (χ1v) is 8.57. The summed E-state index contributed by atoms with van der Waals surface area (Å²) in [6, 6.07) is 14.2. The van der Waals surface area contributed by atoms with E-state index in [0.29, 0.717) is 16.5 Å². The first-order valence-electron chi connectivity index (χ1n) is 6.75. The lowest BCUT2D eigenvalue weighted by Gasteiger charge is -2.21. The van der Waals surface area contributed by atoms with Crippen LogP contribution in [0.15, 0.2) is 53.4 Å². The Hall–Kier alpha value is -1.36. The molecule has 0 aliphatic heterocycles. The van der Waals surface area contributed by atoms with Crippen molar-refractivity contribution in [2.24, 2.45) is 0 Å². The second-order valence-electron chi connectivity index (χ2n) is 4.84. The largest absolute Gasteiger partial charge is 0.243 e. The van der Waals surface area contributed by atoms with Crippen molar-refractivity contribution in [2.45, 2.75) is 25.3 Å². The van der Waals surface area contributed by atoms with Gasteiger partial charge in [-0.3, -0.25) is 0 Å². The molecule has 0 fully saturated rings. The van der Waals surface area contributed by atoms with Gasteiger partial charge in [0.2, 0.25) is 10.0 Å². The predicted octanol–water partition coefficient (Wildman–Crippen LogP) is 3.86. The third-order valence-electron chi connectivity index (χ3n) is 3.32. The van der Waals surface area contributed by atoms with Crippen LogP contribution in [0.25, 0.3) is 0 Å². The van der Waals surface area contributed by atoms with Crippen molar-refractivity contribution in [3.63, 3.8) is 0 Å². The second-order valence-corrected chi connectivity index (χ2v) is 7.18. The molecule has 0 N–H and O–H groups in total. The smallest absolute Gasteiger partial charge is 0.207 e. The molecule has 0 aliphatic carbocycles. The van der Waals surface area contributed by atoms with Gasteiger partial charge in [-0.2, -0.15) is 4.31 Å². The van der Waals surface area contributed by atoms with Gasteiger partial charge < -0.3 is 0 Å². The van der Waals surface area contributed by atoms with E-state index < -0.39 is 10.0 Å². The molecule has 2 aromatic carbocycles. The summed E-state index contributed by atoms with van der Waals surface area (Å²) in [4.78, 5) is 0.307. The van der Waals surface area contributed by atoms with Gasteiger partial charge in [-0.1, -0.05) is 54.4 Å². The van der Waals surface area contributed by atoms with E-state index in [0.717, 1.165) is 11.1 Å². The average Bonchev–Trinajstić information content (AvgIpc) is 2.46. The highest BCUT2D eigenvalue weighted by molar-refractivity contribution is 7.89. The van der Waals surface area contributed by atoms with Gasteiger partial charge in [0.15, 0.2) is 0 Å². The molecule has 2 rings (SSSR count). The molecule has 0 spiro atoms. The topological polar surface area (TPSA) is 37.4 Å². The minimum absolute atomic E-state index is 0.270. The fourth-order valence-corrected chi connectivity index (χ4v) is 3.67. The van der Waals surface area contributed by atoms with Gasteiger partial charge in [0.25, 0.3) is 0 Å². The molecule has 0 atom stereocenters. The summed E-state index contributed by atoms with van der Waals surface area (Å²) in [6.07, 6.45) is 0. The summed E-state index contributed by atoms with van der Waals surface area (Å²) in [7, 11) is -3.51. The molecule has 5 heteroatoms. The highest BCUT2D eigenvalue weighted by atomic mass is 35.5. The lowest BCUT2D eigenvalue weighted by atomic mass is 10.2. The van der Waals surface area contributed by atoms with E-state index in [-0.39, 0.29) is 6.54 Å². The van der Waals surface area contributed by atoms with Gasteiger partial charge >= 0.3 is 0 Å². The number of rotatable bonds is 5. The zero-order valence-electron chi connectivity index (χ0n) is 12.1. The van der Waals surface area contributed by atoms with E-state index in [1.165, 1.54) is 4.31 Å². The standard InChI is InChI=1S/C16H18ClNO2S/c1-3-18(12-14-6-4-5-7-16(14)17)21(19,20)15-10-8-13(2)9-11-15/h4-11H,3,12H2,1-2H3. The zero-order chi connectivity index (χ0) is 15.5. The summed E-state index contributed by atoms with van der Waals surface area (Å²) in [6.45, 7) is 4.41. The number of sulfonamides is 1. The third kappa shape index (κ3) is 3.64. The Kier molecular flexibility index (Phi) is 5.04. The fraction of sp³-hybridized carbons (Fsp3) is 0.250. The minimum Gasteiger partial charge on any atom is -0.207 e. The average molecular weight is 324 g/mol. The Bertz CT molecular complexity index is 711. The number of hydrogen-bond donors (Lipinski definition) is 0. The number of halogens is 1. The van der Waals surface area contributed by atoms with Crippen LogP contribution in [-0.4, -0.2) is 19.3 Å². The molecular weight excluding hydrogens is 306 g/mol. The van der Waals surface area contributed by atoms with Crippen molar-refractivity contribution >= 4 is 21.6 Å². The second kappa shape index (κ2) is 6.60. The SMILES string of the molecule is CCN(Cc1ccccc1Cl)S(=O)(=O)c1ccc(C)cc1. The molecule has 0 aromatic heterocycles. The normalized spacial score (nSPS) is 11.8. The lowest BCUT2D eigenvalue weighted by Crippen LogP contribution is -2.30. The molecule has 112 valence electrons. The van der Waals surface area contributed by atoms with Gasteiger partial charge in [-0.25, -0.2) is 8.42 Å². The van der Waals surface area contributed by atoms with E-state index in [1.54, 1.807) is 30.3 Å². The third-order valence-corrected chi connectivity index (χ3v) is 5.62. The summed E-state index contributed by atoms with van der Waals surface area (Å²) >= 11 is 6.12. The van der Waals surface area contributed by atoms with Crippen molar-refractivity contribution in [1.29, 1.82) is 0 Å². The minimum atomic E-state index is -3.51. The van der Waals surface area contributed by atoms with E-state index in [4.69, 9.17) is 11.6 Å². The van der Waals surface area contributed by atoms with E-state index in [1.807, 2.05) is 32.0 Å². The van der Waals surface area contributed by atoms with Crippen molar-refractivity contribution in [2.75, 3.05) is 6.54 Å². The van der Waals surface area contributed by atoms with Crippen LogP contribution in [0.4, 0.5) is 0 Å². The Morgan fingerprint density at radius 1 is 1.05 bits per heavy atom. The van der Waals surface area contributed by atoms with Gasteiger partial charge in [-0.15, -0.1) is 0 Å². The number of nitrogens with zero attached hydrogens (tertiary/aromatic N) is 1. The maximum absolute atomic E-state index is 12.7. The van der Waals surface area contributed by atoms with Crippen LogP contribution in [0.1, 0.15) is 18.1 Å². The van der Waals surface area contributed by atoms with E-state index in [9.17, 15) is 8.42 Å². The van der Waals surface area contributed by atoms with Crippen LogP contribution in [0.3, 0.4) is 0 Å². The Morgan fingerprint density at radius 3 is 2.24 bits per heavy atom. The van der Waals surface area contributed by atoms with Crippen molar-refractivity contribution in [3.8, 4) is 0 Å². The molecule has 2 aromatic rings. The van der Waals surface area contributed by atoms with Crippen LogP contribution in [0.2, 0.25) is 5.02 Å². The molecule has 0 aliphatic rings.